The lowest BCUT2D eigenvalue weighted by molar-refractivity contribution is -0.118. The first-order chi connectivity index (χ1) is 17.0. The van der Waals surface area contributed by atoms with Gasteiger partial charge in [0.2, 0.25) is 5.91 Å². The molecule has 180 valence electrons. The Morgan fingerprint density at radius 2 is 1.77 bits per heavy atom. The van der Waals surface area contributed by atoms with E-state index in [4.69, 9.17) is 11.6 Å². The molecule has 35 heavy (non-hydrogen) atoms. The monoisotopic (exact) mass is 490 g/mol. The van der Waals surface area contributed by atoms with Crippen LogP contribution in [-0.2, 0) is 17.8 Å². The lowest BCUT2D eigenvalue weighted by Gasteiger charge is -2.43. The summed E-state index contributed by atoms with van der Waals surface area (Å²) in [6.07, 6.45) is 1.31. The minimum atomic E-state index is -0.763. The molecule has 1 saturated heterocycles. The summed E-state index contributed by atoms with van der Waals surface area (Å²) in [5, 5.41) is 6.36. The van der Waals surface area contributed by atoms with E-state index in [-0.39, 0.29) is 29.3 Å². The number of anilines is 1. The summed E-state index contributed by atoms with van der Waals surface area (Å²) in [5.74, 6) is 0.00791. The quantitative estimate of drug-likeness (QED) is 0.569. The van der Waals surface area contributed by atoms with Crippen LogP contribution in [0.4, 0.5) is 10.5 Å². The Kier molecular flexibility index (Phi) is 6.59. The van der Waals surface area contributed by atoms with Crippen LogP contribution in [0.1, 0.15) is 23.6 Å². The van der Waals surface area contributed by atoms with Gasteiger partial charge in [-0.25, -0.2) is 4.79 Å². The van der Waals surface area contributed by atoms with Crippen molar-refractivity contribution in [1.82, 2.24) is 14.8 Å². The zero-order valence-electron chi connectivity index (χ0n) is 19.2. The third-order valence-electron chi connectivity index (χ3n) is 6.76. The number of aromatic nitrogens is 1. The first-order valence-electron chi connectivity index (χ1n) is 11.8. The number of piperidine rings is 1. The zero-order chi connectivity index (χ0) is 24.4. The molecule has 3 atom stereocenters. The highest BCUT2D eigenvalue weighted by molar-refractivity contribution is 6.30. The third-order valence-corrected chi connectivity index (χ3v) is 6.99. The molecule has 1 aromatic heterocycles. The van der Waals surface area contributed by atoms with Crippen LogP contribution in [0.2, 0.25) is 5.02 Å². The van der Waals surface area contributed by atoms with Gasteiger partial charge in [0, 0.05) is 54.4 Å². The van der Waals surface area contributed by atoms with Crippen LogP contribution in [0.15, 0.2) is 77.6 Å². The van der Waals surface area contributed by atoms with Crippen LogP contribution >= 0.6 is 11.6 Å². The number of halogens is 1. The average molecular weight is 491 g/mol. The van der Waals surface area contributed by atoms with E-state index in [0.717, 1.165) is 17.7 Å². The highest BCUT2D eigenvalue weighted by Crippen LogP contribution is 2.34. The molecule has 2 aliphatic heterocycles. The number of nitrogens with zero attached hydrogens (tertiary/aromatic N) is 2. The minimum Gasteiger partial charge on any atom is -0.326 e. The van der Waals surface area contributed by atoms with Gasteiger partial charge in [-0.15, -0.1) is 0 Å². The molecular formula is C27H27ClN4O3. The predicted octanol–water partition coefficient (Wildman–Crippen LogP) is 3.88. The van der Waals surface area contributed by atoms with E-state index in [1.54, 1.807) is 41.3 Å². The molecule has 0 aliphatic carbocycles. The van der Waals surface area contributed by atoms with E-state index < -0.39 is 6.04 Å². The van der Waals surface area contributed by atoms with Crippen molar-refractivity contribution in [2.45, 2.75) is 31.3 Å². The van der Waals surface area contributed by atoms with Crippen molar-refractivity contribution < 1.29 is 9.59 Å². The topological polar surface area (TPSA) is 83.4 Å². The van der Waals surface area contributed by atoms with Gasteiger partial charge < -0.3 is 20.1 Å². The third kappa shape index (κ3) is 5.25. The largest absolute Gasteiger partial charge is 0.326 e. The number of carbonyl (C=O) groups is 2. The van der Waals surface area contributed by atoms with Gasteiger partial charge in [0.1, 0.15) is 6.04 Å². The standard InChI is InChI=1S/C27H27ClN4O3/c28-21-8-4-9-22(14-21)29-26(34)23(13-18-6-2-1-3-7-18)30-27(35)31-15-19-12-20(17-31)24-10-5-11-25(33)32(24)16-19/h1-11,14,19-20,23H,12-13,15-17H2,(H,29,34)(H,30,35)/t19-,20-,23-/m0/s1. The van der Waals surface area contributed by atoms with Crippen LogP contribution in [0.5, 0.6) is 0 Å². The Bertz CT molecular complexity index is 1290. The van der Waals surface area contributed by atoms with Crippen LogP contribution in [0, 0.1) is 5.92 Å². The molecule has 0 radical (unpaired) electrons. The van der Waals surface area contributed by atoms with Gasteiger partial charge in [0.05, 0.1) is 0 Å². The Balaban J connectivity index is 1.32. The maximum Gasteiger partial charge on any atom is 0.318 e. The summed E-state index contributed by atoms with van der Waals surface area (Å²) >= 11 is 6.07. The number of hydrogen-bond donors (Lipinski definition) is 2. The second kappa shape index (κ2) is 9.96. The van der Waals surface area contributed by atoms with E-state index >= 15 is 0 Å². The molecule has 5 rings (SSSR count). The van der Waals surface area contributed by atoms with Crippen molar-refractivity contribution in [3.63, 3.8) is 0 Å². The summed E-state index contributed by atoms with van der Waals surface area (Å²) in [6.45, 7) is 1.68. The maximum absolute atomic E-state index is 13.4. The van der Waals surface area contributed by atoms with Gasteiger partial charge in [-0.3, -0.25) is 9.59 Å². The zero-order valence-corrected chi connectivity index (χ0v) is 19.9. The number of amides is 3. The molecule has 3 heterocycles. The summed E-state index contributed by atoms with van der Waals surface area (Å²) in [4.78, 5) is 40.7. The van der Waals surface area contributed by atoms with Crippen molar-refractivity contribution in [3.05, 3.63) is 99.4 Å². The lowest BCUT2D eigenvalue weighted by Crippen LogP contribution is -2.55. The second-order valence-electron chi connectivity index (χ2n) is 9.29. The Hall–Kier alpha value is -3.58. The van der Waals surface area contributed by atoms with Gasteiger partial charge in [-0.2, -0.15) is 0 Å². The molecule has 8 heteroatoms. The highest BCUT2D eigenvalue weighted by Gasteiger charge is 2.37. The van der Waals surface area contributed by atoms with E-state index in [2.05, 4.69) is 10.6 Å². The first-order valence-corrected chi connectivity index (χ1v) is 12.2. The molecule has 7 nitrogen and oxygen atoms in total. The van der Waals surface area contributed by atoms with E-state index in [1.807, 2.05) is 41.0 Å². The van der Waals surface area contributed by atoms with E-state index in [9.17, 15) is 14.4 Å². The van der Waals surface area contributed by atoms with Crippen molar-refractivity contribution in [2.24, 2.45) is 5.92 Å². The fourth-order valence-electron chi connectivity index (χ4n) is 5.16. The number of hydrogen-bond acceptors (Lipinski definition) is 3. The number of carbonyl (C=O) groups excluding carboxylic acids is 2. The van der Waals surface area contributed by atoms with Gasteiger partial charge in [0.15, 0.2) is 0 Å². The molecular weight excluding hydrogens is 464 g/mol. The molecule has 3 amide bonds. The van der Waals surface area contributed by atoms with Gasteiger partial charge in [-0.05, 0) is 42.2 Å². The Morgan fingerprint density at radius 1 is 0.971 bits per heavy atom. The molecule has 2 aliphatic rings. The van der Waals surface area contributed by atoms with E-state index in [0.29, 0.717) is 36.8 Å². The molecule has 3 aromatic rings. The Labute approximate surface area is 208 Å². The number of rotatable bonds is 5. The SMILES string of the molecule is O=C(Nc1cccc(Cl)c1)[C@H](Cc1ccccc1)NC(=O)N1C[C@@H]2C[C@@H](C1)c1cccc(=O)n1C2. The number of fused-ring (bicyclic) bond motifs is 4. The highest BCUT2D eigenvalue weighted by atomic mass is 35.5. The first kappa shape index (κ1) is 23.2. The van der Waals surface area contributed by atoms with E-state index in [1.165, 1.54) is 0 Å². The number of pyridine rings is 1. The second-order valence-corrected chi connectivity index (χ2v) is 9.73. The van der Waals surface area contributed by atoms with Crippen LogP contribution < -0.4 is 16.2 Å². The fraction of sp³-hybridized carbons (Fsp3) is 0.296. The van der Waals surface area contributed by atoms with Crippen molar-refractivity contribution in [2.75, 3.05) is 18.4 Å². The number of benzene rings is 2. The van der Waals surface area contributed by atoms with Crippen molar-refractivity contribution in [3.8, 4) is 0 Å². The maximum atomic E-state index is 13.4. The molecule has 1 fully saturated rings. The smallest absolute Gasteiger partial charge is 0.318 e. The van der Waals surface area contributed by atoms with Gasteiger partial charge in [-0.1, -0.05) is 54.1 Å². The van der Waals surface area contributed by atoms with Crippen LogP contribution in [0.3, 0.4) is 0 Å². The van der Waals surface area contributed by atoms with Gasteiger partial charge >= 0.3 is 6.03 Å². The predicted molar refractivity (Wildman–Crippen MR) is 136 cm³/mol. The molecule has 0 spiro atoms. The summed E-state index contributed by atoms with van der Waals surface area (Å²) in [7, 11) is 0. The average Bonchev–Trinajstić information content (AvgIpc) is 2.85. The van der Waals surface area contributed by atoms with Crippen molar-refractivity contribution in [1.29, 1.82) is 0 Å². The summed E-state index contributed by atoms with van der Waals surface area (Å²) in [6, 6.07) is 20.8. The fourth-order valence-corrected chi connectivity index (χ4v) is 5.35. The minimum absolute atomic E-state index is 0.00992. The molecule has 2 bridgehead atoms. The lowest BCUT2D eigenvalue weighted by atomic mass is 9.83. The molecule has 0 saturated carbocycles. The number of nitrogens with one attached hydrogen (secondary N) is 2. The summed E-state index contributed by atoms with van der Waals surface area (Å²) in [5.41, 5.74) is 2.51. The number of likely N-dealkylation sites (tertiary alicyclic amines) is 1. The van der Waals surface area contributed by atoms with Crippen molar-refractivity contribution >= 4 is 29.2 Å². The molecule has 2 N–H and O–H groups in total. The van der Waals surface area contributed by atoms with Gasteiger partial charge in [0.25, 0.3) is 5.56 Å². The summed E-state index contributed by atoms with van der Waals surface area (Å²) < 4.78 is 1.84. The molecule has 0 unspecified atom stereocenters. The van der Waals surface area contributed by atoms with Crippen LogP contribution in [0.25, 0.3) is 0 Å². The molecule has 2 aromatic carbocycles. The number of urea groups is 1. The van der Waals surface area contributed by atoms with Crippen LogP contribution in [-0.4, -0.2) is 40.5 Å². The normalized spacial score (nSPS) is 19.4. The Morgan fingerprint density at radius 3 is 2.57 bits per heavy atom.